The number of carboxylic acids is 1. The van der Waals surface area contributed by atoms with E-state index in [9.17, 15) is 19.2 Å². The first-order valence-corrected chi connectivity index (χ1v) is 12.5. The SMILES string of the molecule is CC[C@H](COC(=O)[C@H](N)CC(=O)O)OC(=O)NCc1cccc(NC(=O)Nc2ccc(-c3cnco3)c(OC)c2)c1. The third-order valence-electron chi connectivity index (χ3n) is 5.62. The number of aliphatic carboxylic acids is 1. The normalized spacial score (nSPS) is 12.0. The van der Waals surface area contributed by atoms with Gasteiger partial charge in [-0.25, -0.2) is 14.6 Å². The molecule has 0 aliphatic heterocycles. The van der Waals surface area contributed by atoms with Gasteiger partial charge in [0.25, 0.3) is 0 Å². The van der Waals surface area contributed by atoms with Crippen molar-refractivity contribution in [3.05, 3.63) is 60.6 Å². The highest BCUT2D eigenvalue weighted by atomic mass is 16.6. The summed E-state index contributed by atoms with van der Waals surface area (Å²) in [6, 6.07) is 10.1. The number of anilines is 2. The third kappa shape index (κ3) is 9.54. The number of alkyl carbamates (subject to hydrolysis) is 1. The third-order valence-corrected chi connectivity index (χ3v) is 5.62. The van der Waals surface area contributed by atoms with Crippen LogP contribution in [0.25, 0.3) is 11.3 Å². The van der Waals surface area contributed by atoms with Crippen LogP contribution in [0.1, 0.15) is 25.3 Å². The number of carboxylic acid groups (broad SMARTS) is 1. The summed E-state index contributed by atoms with van der Waals surface area (Å²) in [6.07, 6.45) is 1.14. The van der Waals surface area contributed by atoms with Gasteiger partial charge in [0.2, 0.25) is 0 Å². The molecule has 3 amide bonds. The van der Waals surface area contributed by atoms with E-state index in [1.807, 2.05) is 0 Å². The average Bonchev–Trinajstić information content (AvgIpc) is 3.48. The molecule has 14 heteroatoms. The van der Waals surface area contributed by atoms with Crippen LogP contribution in [0.4, 0.5) is 21.0 Å². The Labute approximate surface area is 235 Å². The number of methoxy groups -OCH3 is 1. The number of ether oxygens (including phenoxy) is 3. The minimum Gasteiger partial charge on any atom is -0.496 e. The van der Waals surface area contributed by atoms with E-state index in [4.69, 9.17) is 29.5 Å². The van der Waals surface area contributed by atoms with E-state index in [1.54, 1.807) is 55.6 Å². The monoisotopic (exact) mass is 569 g/mol. The van der Waals surface area contributed by atoms with Crippen LogP contribution in [0, 0.1) is 0 Å². The highest BCUT2D eigenvalue weighted by Gasteiger charge is 2.21. The molecule has 0 spiro atoms. The number of hydrogen-bond donors (Lipinski definition) is 5. The molecule has 0 bridgehead atoms. The lowest BCUT2D eigenvalue weighted by atomic mass is 10.1. The van der Waals surface area contributed by atoms with Gasteiger partial charge in [0, 0.05) is 24.0 Å². The molecule has 0 fully saturated rings. The molecule has 2 atom stereocenters. The number of nitrogens with one attached hydrogen (secondary N) is 3. The zero-order chi connectivity index (χ0) is 29.8. The summed E-state index contributed by atoms with van der Waals surface area (Å²) in [7, 11) is 1.51. The lowest BCUT2D eigenvalue weighted by Gasteiger charge is -2.18. The number of urea groups is 1. The molecule has 41 heavy (non-hydrogen) atoms. The second kappa shape index (κ2) is 14.9. The number of carbonyl (C=O) groups is 4. The lowest BCUT2D eigenvalue weighted by molar-refractivity contribution is -0.151. The molecule has 2 aromatic carbocycles. The van der Waals surface area contributed by atoms with E-state index in [0.717, 1.165) is 0 Å². The lowest BCUT2D eigenvalue weighted by Crippen LogP contribution is -2.37. The summed E-state index contributed by atoms with van der Waals surface area (Å²) in [5, 5.41) is 16.8. The van der Waals surface area contributed by atoms with Crippen LogP contribution in [0.2, 0.25) is 0 Å². The Morgan fingerprint density at radius 1 is 1.10 bits per heavy atom. The Balaban J connectivity index is 1.48. The number of amides is 3. The quantitative estimate of drug-likeness (QED) is 0.189. The number of hydrogen-bond acceptors (Lipinski definition) is 10. The van der Waals surface area contributed by atoms with E-state index < -0.39 is 42.6 Å². The van der Waals surface area contributed by atoms with Crippen LogP contribution in [0.5, 0.6) is 5.75 Å². The van der Waals surface area contributed by atoms with Gasteiger partial charge in [0.1, 0.15) is 24.5 Å². The summed E-state index contributed by atoms with van der Waals surface area (Å²) in [5.74, 6) is -1.11. The van der Waals surface area contributed by atoms with Crippen LogP contribution < -0.4 is 26.4 Å². The van der Waals surface area contributed by atoms with Crippen LogP contribution in [0.3, 0.4) is 0 Å². The van der Waals surface area contributed by atoms with Crippen molar-refractivity contribution in [1.29, 1.82) is 0 Å². The molecule has 0 saturated heterocycles. The maximum Gasteiger partial charge on any atom is 0.407 e. The van der Waals surface area contributed by atoms with Gasteiger partial charge < -0.3 is 45.4 Å². The zero-order valence-electron chi connectivity index (χ0n) is 22.4. The Kier molecular flexibility index (Phi) is 11.0. The van der Waals surface area contributed by atoms with Crippen molar-refractivity contribution < 1.29 is 42.9 Å². The fourth-order valence-corrected chi connectivity index (χ4v) is 3.53. The smallest absolute Gasteiger partial charge is 0.407 e. The number of rotatable bonds is 13. The fourth-order valence-electron chi connectivity index (χ4n) is 3.53. The van der Waals surface area contributed by atoms with Gasteiger partial charge in [-0.1, -0.05) is 19.1 Å². The number of nitrogens with zero attached hydrogens (tertiary/aromatic N) is 1. The number of aromatic nitrogens is 1. The summed E-state index contributed by atoms with van der Waals surface area (Å²) >= 11 is 0. The van der Waals surface area contributed by atoms with E-state index in [1.165, 1.54) is 13.5 Å². The van der Waals surface area contributed by atoms with Gasteiger partial charge in [0.15, 0.2) is 12.2 Å². The summed E-state index contributed by atoms with van der Waals surface area (Å²) in [4.78, 5) is 51.2. The van der Waals surface area contributed by atoms with Crippen molar-refractivity contribution in [3.63, 3.8) is 0 Å². The number of benzene rings is 2. The predicted octanol–water partition coefficient (Wildman–Crippen LogP) is 3.34. The topological polar surface area (TPSA) is 204 Å². The minimum absolute atomic E-state index is 0.0932. The molecule has 0 aliphatic carbocycles. The van der Waals surface area contributed by atoms with Crippen LogP contribution in [-0.4, -0.2) is 60.0 Å². The molecule has 1 heterocycles. The van der Waals surface area contributed by atoms with Crippen molar-refractivity contribution in [2.45, 2.75) is 38.5 Å². The van der Waals surface area contributed by atoms with E-state index in [2.05, 4.69) is 20.9 Å². The molecule has 218 valence electrons. The van der Waals surface area contributed by atoms with Crippen molar-refractivity contribution in [3.8, 4) is 17.1 Å². The largest absolute Gasteiger partial charge is 0.496 e. The van der Waals surface area contributed by atoms with Gasteiger partial charge in [-0.15, -0.1) is 0 Å². The molecule has 3 aromatic rings. The van der Waals surface area contributed by atoms with Gasteiger partial charge >= 0.3 is 24.1 Å². The second-order valence-electron chi connectivity index (χ2n) is 8.68. The molecule has 3 rings (SSSR count). The minimum atomic E-state index is -1.31. The van der Waals surface area contributed by atoms with E-state index >= 15 is 0 Å². The fraction of sp³-hybridized carbons (Fsp3) is 0.296. The van der Waals surface area contributed by atoms with Crippen LogP contribution in [0.15, 0.2) is 59.5 Å². The molecular weight excluding hydrogens is 538 g/mol. The Morgan fingerprint density at radius 2 is 1.85 bits per heavy atom. The molecule has 0 radical (unpaired) electrons. The first-order valence-electron chi connectivity index (χ1n) is 12.5. The van der Waals surface area contributed by atoms with Crippen LogP contribution >= 0.6 is 0 Å². The summed E-state index contributed by atoms with van der Waals surface area (Å²) in [5.41, 5.74) is 7.79. The van der Waals surface area contributed by atoms with Gasteiger partial charge in [0.05, 0.1) is 25.3 Å². The number of nitrogens with two attached hydrogens (primary N) is 1. The molecule has 14 nitrogen and oxygen atoms in total. The van der Waals surface area contributed by atoms with Gasteiger partial charge in [-0.2, -0.15) is 0 Å². The van der Waals surface area contributed by atoms with Crippen molar-refractivity contribution in [2.75, 3.05) is 24.4 Å². The zero-order valence-corrected chi connectivity index (χ0v) is 22.4. The Bertz CT molecular complexity index is 1350. The summed E-state index contributed by atoms with van der Waals surface area (Å²) < 4.78 is 20.9. The number of esters is 1. The number of oxazole rings is 1. The molecule has 0 saturated carbocycles. The average molecular weight is 570 g/mol. The maximum absolute atomic E-state index is 12.6. The predicted molar refractivity (Wildman–Crippen MR) is 146 cm³/mol. The molecule has 0 aliphatic rings. The molecular formula is C27H31N5O9. The van der Waals surface area contributed by atoms with Crippen LogP contribution in [-0.2, 0) is 25.6 Å². The second-order valence-corrected chi connectivity index (χ2v) is 8.68. The Hall–Kier alpha value is -5.11. The highest BCUT2D eigenvalue weighted by molar-refractivity contribution is 6.00. The van der Waals surface area contributed by atoms with Crippen molar-refractivity contribution in [2.24, 2.45) is 5.73 Å². The van der Waals surface area contributed by atoms with Gasteiger partial charge in [-0.3, -0.25) is 9.59 Å². The maximum atomic E-state index is 12.6. The van der Waals surface area contributed by atoms with E-state index in [-0.39, 0.29) is 13.2 Å². The first-order chi connectivity index (χ1) is 19.7. The number of carbonyl (C=O) groups excluding carboxylic acids is 3. The molecule has 0 unspecified atom stereocenters. The molecule has 6 N–H and O–H groups in total. The van der Waals surface area contributed by atoms with E-state index in [0.29, 0.717) is 40.4 Å². The molecule has 1 aromatic heterocycles. The van der Waals surface area contributed by atoms with Crippen molar-refractivity contribution >= 4 is 35.4 Å². The Morgan fingerprint density at radius 3 is 2.51 bits per heavy atom. The first kappa shape index (κ1) is 30.4. The standard InChI is InChI=1S/C27H31N5O9/c1-3-19(14-39-25(35)21(28)11-24(33)34)41-27(37)30-12-16-5-4-6-17(9-16)31-26(36)32-18-7-8-20(22(10-18)38-2)23-13-29-15-40-23/h4-10,13,15,19,21H,3,11-12,14,28H2,1-2H3,(H,30,37)(H,33,34)(H2,31,32,36)/t19-,21-/m1/s1. The van der Waals surface area contributed by atoms with Crippen molar-refractivity contribution in [1.82, 2.24) is 10.3 Å². The highest BCUT2D eigenvalue weighted by Crippen LogP contribution is 2.32. The summed E-state index contributed by atoms with van der Waals surface area (Å²) in [6.45, 7) is 1.55. The van der Waals surface area contributed by atoms with Gasteiger partial charge in [-0.05, 0) is 36.2 Å².